The zero-order valence-electron chi connectivity index (χ0n) is 15.8. The third-order valence-electron chi connectivity index (χ3n) is 5.44. The first kappa shape index (κ1) is 18.6. The van der Waals surface area contributed by atoms with Crippen molar-refractivity contribution in [2.75, 3.05) is 21.3 Å². The van der Waals surface area contributed by atoms with Crippen LogP contribution in [0.15, 0.2) is 30.9 Å². The normalized spacial score (nSPS) is 17.5. The van der Waals surface area contributed by atoms with Gasteiger partial charge in [-0.2, -0.15) is 0 Å². The summed E-state index contributed by atoms with van der Waals surface area (Å²) in [4.78, 5) is 4.12. The summed E-state index contributed by atoms with van der Waals surface area (Å²) in [6, 6.07) is 3.64. The molecule has 26 heavy (non-hydrogen) atoms. The molecule has 3 rings (SSSR count). The van der Waals surface area contributed by atoms with Crippen LogP contribution in [-0.2, 0) is 12.1 Å². The average molecular weight is 360 g/mol. The fourth-order valence-corrected chi connectivity index (χ4v) is 4.04. The third kappa shape index (κ3) is 3.51. The van der Waals surface area contributed by atoms with Crippen LogP contribution in [0.25, 0.3) is 0 Å². The smallest absolute Gasteiger partial charge is 0.164 e. The molecule has 2 aromatic rings. The van der Waals surface area contributed by atoms with Gasteiger partial charge in [-0.25, -0.2) is 4.98 Å². The summed E-state index contributed by atoms with van der Waals surface area (Å²) >= 11 is 0. The number of rotatable bonds is 7. The molecule has 0 amide bonds. The zero-order valence-corrected chi connectivity index (χ0v) is 15.8. The Balaban J connectivity index is 2.11. The van der Waals surface area contributed by atoms with E-state index in [4.69, 9.17) is 14.2 Å². The van der Waals surface area contributed by atoms with Gasteiger partial charge in [-0.15, -0.1) is 0 Å². The van der Waals surface area contributed by atoms with Crippen molar-refractivity contribution in [2.24, 2.45) is 5.92 Å². The molecule has 142 valence electrons. The SMILES string of the molecule is COc1cc(OC)c(C(O)(Cn2ccnc2)C2CCCCC2)cc1OC. The second-order valence-electron chi connectivity index (χ2n) is 6.90. The van der Waals surface area contributed by atoms with Crippen LogP contribution in [0.3, 0.4) is 0 Å². The van der Waals surface area contributed by atoms with Gasteiger partial charge in [-0.1, -0.05) is 19.3 Å². The molecule has 1 saturated carbocycles. The van der Waals surface area contributed by atoms with Gasteiger partial charge in [0, 0.05) is 24.0 Å². The molecule has 1 heterocycles. The lowest BCUT2D eigenvalue weighted by Gasteiger charge is -2.40. The Bertz CT molecular complexity index is 711. The number of hydrogen-bond donors (Lipinski definition) is 1. The maximum Gasteiger partial charge on any atom is 0.164 e. The Morgan fingerprint density at radius 2 is 1.69 bits per heavy atom. The minimum Gasteiger partial charge on any atom is -0.496 e. The van der Waals surface area contributed by atoms with Crippen molar-refractivity contribution >= 4 is 0 Å². The van der Waals surface area contributed by atoms with Crippen LogP contribution in [0.4, 0.5) is 0 Å². The van der Waals surface area contributed by atoms with Crippen molar-refractivity contribution in [2.45, 2.75) is 44.2 Å². The Labute approximate surface area is 154 Å². The summed E-state index contributed by atoms with van der Waals surface area (Å²) in [7, 11) is 4.81. The number of benzene rings is 1. The molecule has 1 atom stereocenters. The summed E-state index contributed by atoms with van der Waals surface area (Å²) < 4.78 is 18.4. The molecule has 0 aliphatic heterocycles. The third-order valence-corrected chi connectivity index (χ3v) is 5.44. The molecule has 1 aliphatic carbocycles. The van der Waals surface area contributed by atoms with E-state index in [1.54, 1.807) is 39.9 Å². The summed E-state index contributed by atoms with van der Waals surface area (Å²) in [6.45, 7) is 0.420. The van der Waals surface area contributed by atoms with Crippen LogP contribution < -0.4 is 14.2 Å². The van der Waals surface area contributed by atoms with E-state index in [1.807, 2.05) is 16.8 Å². The van der Waals surface area contributed by atoms with Gasteiger partial charge in [0.2, 0.25) is 0 Å². The molecule has 1 aliphatic rings. The van der Waals surface area contributed by atoms with Gasteiger partial charge in [0.15, 0.2) is 11.5 Å². The van der Waals surface area contributed by atoms with E-state index in [2.05, 4.69) is 4.98 Å². The number of imidazole rings is 1. The minimum atomic E-state index is -1.08. The van der Waals surface area contributed by atoms with Crippen LogP contribution in [0.1, 0.15) is 37.7 Å². The van der Waals surface area contributed by atoms with Gasteiger partial charge in [0.05, 0.1) is 34.2 Å². The van der Waals surface area contributed by atoms with Gasteiger partial charge in [-0.05, 0) is 24.8 Å². The van der Waals surface area contributed by atoms with E-state index in [-0.39, 0.29) is 5.92 Å². The predicted molar refractivity (Wildman–Crippen MR) is 98.8 cm³/mol. The van der Waals surface area contributed by atoms with E-state index < -0.39 is 5.60 Å². The molecule has 0 spiro atoms. The standard InChI is InChI=1S/C20H28N2O4/c1-24-17-12-19(26-3)18(25-2)11-16(17)20(23,13-22-10-9-21-14-22)15-7-5-4-6-8-15/h9-12,14-15,23H,4-8,13H2,1-3H3. The van der Waals surface area contributed by atoms with Crippen LogP contribution in [0.2, 0.25) is 0 Å². The Morgan fingerprint density at radius 1 is 1.04 bits per heavy atom. The number of nitrogens with zero attached hydrogens (tertiary/aromatic N) is 2. The van der Waals surface area contributed by atoms with Crippen molar-refractivity contribution in [1.29, 1.82) is 0 Å². The van der Waals surface area contributed by atoms with E-state index in [0.29, 0.717) is 23.8 Å². The molecule has 1 N–H and O–H groups in total. The zero-order chi connectivity index (χ0) is 18.6. The van der Waals surface area contributed by atoms with Crippen molar-refractivity contribution in [3.05, 3.63) is 36.4 Å². The molecule has 6 nitrogen and oxygen atoms in total. The molecule has 1 aromatic carbocycles. The van der Waals surface area contributed by atoms with Gasteiger partial charge < -0.3 is 23.9 Å². The molecule has 6 heteroatoms. The molecular weight excluding hydrogens is 332 g/mol. The van der Waals surface area contributed by atoms with E-state index in [1.165, 1.54) is 6.42 Å². The Kier molecular flexibility index (Phi) is 5.71. The van der Waals surface area contributed by atoms with Crippen molar-refractivity contribution in [3.63, 3.8) is 0 Å². The van der Waals surface area contributed by atoms with Crippen LogP contribution in [0.5, 0.6) is 17.2 Å². The lowest BCUT2D eigenvalue weighted by molar-refractivity contribution is -0.0549. The molecule has 1 aromatic heterocycles. The highest BCUT2D eigenvalue weighted by molar-refractivity contribution is 5.53. The maximum atomic E-state index is 11.9. The van der Waals surface area contributed by atoms with Crippen LogP contribution >= 0.6 is 0 Å². The number of aliphatic hydroxyl groups is 1. The Morgan fingerprint density at radius 3 is 2.27 bits per heavy atom. The lowest BCUT2D eigenvalue weighted by atomic mass is 9.73. The monoisotopic (exact) mass is 360 g/mol. The highest BCUT2D eigenvalue weighted by atomic mass is 16.5. The highest BCUT2D eigenvalue weighted by Gasteiger charge is 2.42. The number of aromatic nitrogens is 2. The predicted octanol–water partition coefficient (Wildman–Crippen LogP) is 3.38. The van der Waals surface area contributed by atoms with Crippen LogP contribution in [-0.4, -0.2) is 36.0 Å². The van der Waals surface area contributed by atoms with Crippen LogP contribution in [0, 0.1) is 5.92 Å². The topological polar surface area (TPSA) is 65.7 Å². The van der Waals surface area contributed by atoms with E-state index in [9.17, 15) is 5.11 Å². The quantitative estimate of drug-likeness (QED) is 0.820. The largest absolute Gasteiger partial charge is 0.496 e. The van der Waals surface area contributed by atoms with Gasteiger partial charge in [0.1, 0.15) is 11.4 Å². The molecule has 0 radical (unpaired) electrons. The molecule has 0 bridgehead atoms. The second kappa shape index (κ2) is 7.99. The fourth-order valence-electron chi connectivity index (χ4n) is 4.04. The minimum absolute atomic E-state index is 0.144. The fraction of sp³-hybridized carbons (Fsp3) is 0.550. The van der Waals surface area contributed by atoms with E-state index in [0.717, 1.165) is 31.2 Å². The molecular formula is C20H28N2O4. The molecule has 1 fully saturated rings. The van der Waals surface area contributed by atoms with Crippen molar-refractivity contribution in [1.82, 2.24) is 9.55 Å². The van der Waals surface area contributed by atoms with Gasteiger partial charge in [-0.3, -0.25) is 0 Å². The summed E-state index contributed by atoms with van der Waals surface area (Å²) in [5, 5.41) is 11.9. The first-order valence-corrected chi connectivity index (χ1v) is 9.11. The first-order valence-electron chi connectivity index (χ1n) is 9.11. The summed E-state index contributed by atoms with van der Waals surface area (Å²) in [6.07, 6.45) is 10.8. The number of ether oxygens (including phenoxy) is 3. The second-order valence-corrected chi connectivity index (χ2v) is 6.90. The highest BCUT2D eigenvalue weighted by Crippen LogP contribution is 2.47. The van der Waals surface area contributed by atoms with Crippen molar-refractivity contribution < 1.29 is 19.3 Å². The number of hydrogen-bond acceptors (Lipinski definition) is 5. The maximum absolute atomic E-state index is 11.9. The van der Waals surface area contributed by atoms with Crippen molar-refractivity contribution in [3.8, 4) is 17.2 Å². The number of methoxy groups -OCH3 is 3. The first-order chi connectivity index (χ1) is 12.6. The van der Waals surface area contributed by atoms with E-state index >= 15 is 0 Å². The molecule has 1 unspecified atom stereocenters. The lowest BCUT2D eigenvalue weighted by Crippen LogP contribution is -2.40. The summed E-state index contributed by atoms with van der Waals surface area (Å²) in [5.74, 6) is 1.92. The Hall–Kier alpha value is -2.21. The van der Waals surface area contributed by atoms with Gasteiger partial charge in [0.25, 0.3) is 0 Å². The molecule has 0 saturated heterocycles. The average Bonchev–Trinajstić information content (AvgIpc) is 3.20. The van der Waals surface area contributed by atoms with Gasteiger partial charge >= 0.3 is 0 Å². The summed E-state index contributed by atoms with van der Waals surface area (Å²) in [5.41, 5.74) is -0.343.